The van der Waals surface area contributed by atoms with Crippen molar-refractivity contribution in [3.8, 4) is 0 Å². The summed E-state index contributed by atoms with van der Waals surface area (Å²) in [5.74, 6) is 8.00. The maximum absolute atomic E-state index is 9.72. The Balaban J connectivity index is 0. The third-order valence-corrected chi connectivity index (χ3v) is 0.901. The molecule has 0 saturated heterocycles. The van der Waals surface area contributed by atoms with Crippen LogP contribution in [0.15, 0.2) is 0 Å². The number of rotatable bonds is 3. The summed E-state index contributed by atoms with van der Waals surface area (Å²) in [5.41, 5.74) is 0. The molecule has 0 unspecified atom stereocenters. The van der Waals surface area contributed by atoms with Gasteiger partial charge in [-0.05, 0) is 6.42 Å². The fraction of sp³-hybridized carbons (Fsp3) is 1.00. The van der Waals surface area contributed by atoms with E-state index >= 15 is 0 Å². The lowest BCUT2D eigenvalue weighted by Gasteiger charge is -1.92. The van der Waals surface area contributed by atoms with E-state index in [1.165, 1.54) is 0 Å². The molecule has 0 aliphatic carbocycles. The molecular formula is C3H12N2O4S. The molecule has 0 atom stereocenters. The predicted octanol–water partition coefficient (Wildman–Crippen LogP) is -0.965. The van der Waals surface area contributed by atoms with Crippen LogP contribution >= 0.6 is 0 Å². The fourth-order valence-electron chi connectivity index (χ4n) is 0.189. The Bertz CT molecular complexity index is 143. The quantitative estimate of drug-likeness (QED) is 0.286. The van der Waals surface area contributed by atoms with Gasteiger partial charge >= 0.3 is 10.4 Å². The van der Waals surface area contributed by atoms with Gasteiger partial charge in [-0.25, -0.2) is 4.18 Å². The van der Waals surface area contributed by atoms with E-state index in [1.54, 1.807) is 6.92 Å². The summed E-state index contributed by atoms with van der Waals surface area (Å²) in [6.45, 7) is 1.78. The molecule has 0 aromatic carbocycles. The van der Waals surface area contributed by atoms with E-state index in [0.29, 0.717) is 6.42 Å². The lowest BCUT2D eigenvalue weighted by Crippen LogP contribution is -2.03. The largest absolute Gasteiger partial charge is 0.397 e. The van der Waals surface area contributed by atoms with E-state index in [9.17, 15) is 8.42 Å². The Hall–Kier alpha value is -0.210. The van der Waals surface area contributed by atoms with E-state index < -0.39 is 10.4 Å². The summed E-state index contributed by atoms with van der Waals surface area (Å²) in [5, 5.41) is 0. The van der Waals surface area contributed by atoms with Gasteiger partial charge in [-0.2, -0.15) is 8.42 Å². The highest BCUT2D eigenvalue weighted by Gasteiger charge is 1.99. The average molecular weight is 172 g/mol. The zero-order valence-electron chi connectivity index (χ0n) is 5.65. The first-order chi connectivity index (χ1) is 4.56. The molecule has 0 fully saturated rings. The number of hydrazine groups is 1. The molecule has 0 aliphatic rings. The van der Waals surface area contributed by atoms with Crippen molar-refractivity contribution in [2.45, 2.75) is 13.3 Å². The Kier molecular flexibility index (Phi) is 8.61. The van der Waals surface area contributed by atoms with Crippen LogP contribution in [0.1, 0.15) is 13.3 Å². The van der Waals surface area contributed by atoms with Crippen molar-refractivity contribution in [1.29, 1.82) is 0 Å². The first-order valence-electron chi connectivity index (χ1n) is 2.51. The Morgan fingerprint density at radius 2 is 1.90 bits per heavy atom. The van der Waals surface area contributed by atoms with Crippen molar-refractivity contribution >= 4 is 10.4 Å². The minimum absolute atomic E-state index is 0.0405. The van der Waals surface area contributed by atoms with Crippen LogP contribution in [-0.2, 0) is 14.6 Å². The highest BCUT2D eigenvalue weighted by molar-refractivity contribution is 7.80. The summed E-state index contributed by atoms with van der Waals surface area (Å²) < 4.78 is 31.3. The Labute approximate surface area is 60.1 Å². The minimum atomic E-state index is -4.19. The van der Waals surface area contributed by atoms with Gasteiger partial charge in [0.15, 0.2) is 0 Å². The average Bonchev–Trinajstić information content (AvgIpc) is 1.87. The van der Waals surface area contributed by atoms with Crippen LogP contribution in [0.2, 0.25) is 0 Å². The maximum atomic E-state index is 9.72. The van der Waals surface area contributed by atoms with Gasteiger partial charge in [0.05, 0.1) is 6.61 Å². The van der Waals surface area contributed by atoms with E-state index in [4.69, 9.17) is 4.55 Å². The molecule has 64 valence electrons. The van der Waals surface area contributed by atoms with Gasteiger partial charge in [0.1, 0.15) is 0 Å². The highest BCUT2D eigenvalue weighted by Crippen LogP contribution is 1.86. The van der Waals surface area contributed by atoms with Gasteiger partial charge in [-0.15, -0.1) is 0 Å². The molecule has 0 radical (unpaired) electrons. The van der Waals surface area contributed by atoms with Gasteiger partial charge in [0.25, 0.3) is 0 Å². The molecule has 6 nitrogen and oxygen atoms in total. The molecule has 7 heteroatoms. The van der Waals surface area contributed by atoms with E-state index in [-0.39, 0.29) is 6.61 Å². The number of hydrogen-bond donors (Lipinski definition) is 3. The van der Waals surface area contributed by atoms with Crippen LogP contribution in [0.4, 0.5) is 0 Å². The Morgan fingerprint density at radius 1 is 1.50 bits per heavy atom. The molecule has 0 rings (SSSR count). The summed E-state index contributed by atoms with van der Waals surface area (Å²) in [7, 11) is -4.19. The molecule has 0 aromatic rings. The second kappa shape index (κ2) is 6.90. The van der Waals surface area contributed by atoms with Gasteiger partial charge < -0.3 is 0 Å². The SMILES string of the molecule is CCCOS(=O)(=O)O.NN. The van der Waals surface area contributed by atoms with Crippen LogP contribution in [0.5, 0.6) is 0 Å². The minimum Gasteiger partial charge on any atom is -0.274 e. The van der Waals surface area contributed by atoms with Crippen molar-refractivity contribution in [2.75, 3.05) is 6.61 Å². The van der Waals surface area contributed by atoms with Crippen LogP contribution in [0.3, 0.4) is 0 Å². The lowest BCUT2D eigenvalue weighted by molar-refractivity contribution is 0.269. The standard InChI is InChI=1S/C3H8O4S.H4N2/c1-2-3-7-8(4,5)6;1-2/h2-3H2,1H3,(H,4,5,6);1-2H2. The third kappa shape index (κ3) is 15.7. The first kappa shape index (κ1) is 12.5. The van der Waals surface area contributed by atoms with Gasteiger partial charge in [0, 0.05) is 0 Å². The fourth-order valence-corrected chi connectivity index (χ4v) is 0.566. The Morgan fingerprint density at radius 3 is 2.00 bits per heavy atom. The summed E-state index contributed by atoms with van der Waals surface area (Å²) >= 11 is 0. The van der Waals surface area contributed by atoms with Gasteiger partial charge in [0.2, 0.25) is 0 Å². The summed E-state index contributed by atoms with van der Waals surface area (Å²) in [6.07, 6.45) is 0.569. The van der Waals surface area contributed by atoms with Crippen LogP contribution in [0.25, 0.3) is 0 Å². The van der Waals surface area contributed by atoms with Crippen molar-refractivity contribution in [3.05, 3.63) is 0 Å². The topological polar surface area (TPSA) is 116 Å². The summed E-state index contributed by atoms with van der Waals surface area (Å²) in [4.78, 5) is 0. The molecule has 10 heavy (non-hydrogen) atoms. The molecule has 5 N–H and O–H groups in total. The molecule has 0 amide bonds. The third-order valence-electron chi connectivity index (χ3n) is 0.436. The summed E-state index contributed by atoms with van der Waals surface area (Å²) in [6, 6.07) is 0. The predicted molar refractivity (Wildman–Crippen MR) is 36.2 cm³/mol. The van der Waals surface area contributed by atoms with Crippen molar-refractivity contribution < 1.29 is 17.2 Å². The van der Waals surface area contributed by atoms with Crippen molar-refractivity contribution in [2.24, 2.45) is 11.7 Å². The van der Waals surface area contributed by atoms with Crippen LogP contribution in [0, 0.1) is 0 Å². The molecule has 0 spiro atoms. The molecule has 0 aromatic heterocycles. The van der Waals surface area contributed by atoms with Gasteiger partial charge in [-0.1, -0.05) is 6.92 Å². The van der Waals surface area contributed by atoms with Crippen molar-refractivity contribution in [3.63, 3.8) is 0 Å². The zero-order valence-corrected chi connectivity index (χ0v) is 6.47. The first-order valence-corrected chi connectivity index (χ1v) is 3.88. The maximum Gasteiger partial charge on any atom is 0.397 e. The molecular weight excluding hydrogens is 160 g/mol. The molecule has 0 bridgehead atoms. The van der Waals surface area contributed by atoms with Crippen LogP contribution < -0.4 is 11.7 Å². The lowest BCUT2D eigenvalue weighted by atomic mass is 10.5. The van der Waals surface area contributed by atoms with Crippen molar-refractivity contribution in [1.82, 2.24) is 0 Å². The zero-order chi connectivity index (χ0) is 8.62. The second-order valence-corrected chi connectivity index (χ2v) is 2.34. The van der Waals surface area contributed by atoms with E-state index in [1.807, 2.05) is 0 Å². The smallest absolute Gasteiger partial charge is 0.274 e. The molecule has 0 saturated carbocycles. The second-order valence-electron chi connectivity index (χ2n) is 1.25. The number of hydrogen-bond acceptors (Lipinski definition) is 5. The normalized spacial score (nSPS) is 10.0. The monoisotopic (exact) mass is 172 g/mol. The molecule has 0 aliphatic heterocycles. The van der Waals surface area contributed by atoms with E-state index in [0.717, 1.165) is 0 Å². The number of nitrogens with two attached hydrogens (primary N) is 2. The van der Waals surface area contributed by atoms with Crippen LogP contribution in [-0.4, -0.2) is 19.6 Å². The molecule has 0 heterocycles. The highest BCUT2D eigenvalue weighted by atomic mass is 32.3. The van der Waals surface area contributed by atoms with Gasteiger partial charge in [-0.3, -0.25) is 16.2 Å². The van der Waals surface area contributed by atoms with E-state index in [2.05, 4.69) is 15.9 Å².